The van der Waals surface area contributed by atoms with Crippen molar-refractivity contribution >= 4 is 11.8 Å². The van der Waals surface area contributed by atoms with E-state index in [2.05, 4.69) is 0 Å². The van der Waals surface area contributed by atoms with Crippen molar-refractivity contribution in [3.05, 3.63) is 0 Å². The minimum atomic E-state index is -0.335. The van der Waals surface area contributed by atoms with Crippen LogP contribution in [0.3, 0.4) is 0 Å². The number of ether oxygens (including phenoxy) is 1. The fraction of sp³-hybridized carbons (Fsp3) is 1.00. The molecule has 3 nitrogen and oxygen atoms in total. The van der Waals surface area contributed by atoms with Crippen molar-refractivity contribution < 1.29 is 9.84 Å². The Kier molecular flexibility index (Phi) is 4.52. The van der Waals surface area contributed by atoms with Crippen LogP contribution in [0.5, 0.6) is 0 Å². The van der Waals surface area contributed by atoms with Crippen LogP contribution in [-0.2, 0) is 4.74 Å². The van der Waals surface area contributed by atoms with E-state index in [0.717, 1.165) is 18.1 Å². The normalized spacial score (nSPS) is 21.5. The number of methoxy groups -OCH3 is 1. The number of nitrogens with two attached hydrogens (primary N) is 1. The number of hydrogen-bond acceptors (Lipinski definition) is 4. The molecule has 0 heterocycles. The predicted molar refractivity (Wildman–Crippen MR) is 55.9 cm³/mol. The molecule has 1 atom stereocenters. The average Bonchev–Trinajstić information content (AvgIpc) is 2.95. The van der Waals surface area contributed by atoms with Gasteiger partial charge in [-0.25, -0.2) is 0 Å². The van der Waals surface area contributed by atoms with Gasteiger partial charge in [-0.2, -0.15) is 11.8 Å². The molecule has 0 radical (unpaired) electrons. The summed E-state index contributed by atoms with van der Waals surface area (Å²) >= 11 is 1.77. The van der Waals surface area contributed by atoms with Gasteiger partial charge in [0.2, 0.25) is 0 Å². The summed E-state index contributed by atoms with van der Waals surface area (Å²) < 4.78 is 4.94. The van der Waals surface area contributed by atoms with Gasteiger partial charge in [-0.15, -0.1) is 0 Å². The zero-order chi connectivity index (χ0) is 9.73. The number of hydrogen-bond donors (Lipinski definition) is 2. The summed E-state index contributed by atoms with van der Waals surface area (Å²) in [5.41, 5.74) is 5.74. The minimum absolute atomic E-state index is 0.109. The van der Waals surface area contributed by atoms with Crippen molar-refractivity contribution in [1.29, 1.82) is 0 Å². The van der Waals surface area contributed by atoms with Crippen molar-refractivity contribution in [1.82, 2.24) is 0 Å². The standard InChI is InChI=1S/C9H19NO2S/c1-12-4-5-13-7-9(10,6-11)8-2-3-8/h8,11H,2-7,10H2,1H3. The van der Waals surface area contributed by atoms with Gasteiger partial charge in [0.15, 0.2) is 0 Å². The Bertz CT molecular complexity index is 153. The lowest BCUT2D eigenvalue weighted by Crippen LogP contribution is -2.48. The smallest absolute Gasteiger partial charge is 0.0622 e. The summed E-state index contributed by atoms with van der Waals surface area (Å²) in [5.74, 6) is 2.35. The third kappa shape index (κ3) is 3.46. The van der Waals surface area contributed by atoms with Crippen molar-refractivity contribution in [3.8, 4) is 0 Å². The van der Waals surface area contributed by atoms with Gasteiger partial charge in [0, 0.05) is 18.6 Å². The highest BCUT2D eigenvalue weighted by Crippen LogP contribution is 2.39. The molecule has 0 spiro atoms. The van der Waals surface area contributed by atoms with E-state index in [1.54, 1.807) is 18.9 Å². The Balaban J connectivity index is 2.15. The van der Waals surface area contributed by atoms with Gasteiger partial charge in [-0.05, 0) is 18.8 Å². The van der Waals surface area contributed by atoms with Gasteiger partial charge >= 0.3 is 0 Å². The van der Waals surface area contributed by atoms with E-state index < -0.39 is 0 Å². The topological polar surface area (TPSA) is 55.5 Å². The largest absolute Gasteiger partial charge is 0.394 e. The maximum absolute atomic E-state index is 9.18. The van der Waals surface area contributed by atoms with E-state index >= 15 is 0 Å². The van der Waals surface area contributed by atoms with Gasteiger partial charge in [-0.1, -0.05) is 0 Å². The Labute approximate surface area is 84.0 Å². The predicted octanol–water partition coefficient (Wildman–Crippen LogP) is 0.466. The molecule has 0 aliphatic heterocycles. The maximum Gasteiger partial charge on any atom is 0.0622 e. The van der Waals surface area contributed by atoms with E-state index in [9.17, 15) is 5.11 Å². The minimum Gasteiger partial charge on any atom is -0.394 e. The Hall–Kier alpha value is 0.230. The number of thioether (sulfide) groups is 1. The molecule has 1 unspecified atom stereocenters. The van der Waals surface area contributed by atoms with Crippen LogP contribution in [0, 0.1) is 5.92 Å². The van der Waals surface area contributed by atoms with E-state index in [1.165, 1.54) is 12.8 Å². The van der Waals surface area contributed by atoms with Crippen LogP contribution in [0.15, 0.2) is 0 Å². The van der Waals surface area contributed by atoms with E-state index in [4.69, 9.17) is 10.5 Å². The first-order valence-corrected chi connectivity index (χ1v) is 5.85. The molecule has 4 heteroatoms. The van der Waals surface area contributed by atoms with Crippen molar-refractivity contribution in [2.24, 2.45) is 11.7 Å². The molecular formula is C9H19NO2S. The van der Waals surface area contributed by atoms with Crippen LogP contribution in [0.25, 0.3) is 0 Å². The fourth-order valence-corrected chi connectivity index (χ4v) is 2.49. The van der Waals surface area contributed by atoms with Crippen molar-refractivity contribution in [2.45, 2.75) is 18.4 Å². The first-order chi connectivity index (χ1) is 6.23. The highest BCUT2D eigenvalue weighted by Gasteiger charge is 2.41. The summed E-state index contributed by atoms with van der Waals surface area (Å²) in [7, 11) is 1.70. The molecule has 13 heavy (non-hydrogen) atoms. The lowest BCUT2D eigenvalue weighted by atomic mass is 9.99. The van der Waals surface area contributed by atoms with Crippen LogP contribution in [-0.4, -0.2) is 42.5 Å². The molecule has 1 rings (SSSR count). The van der Waals surface area contributed by atoms with Crippen LogP contribution in [0.2, 0.25) is 0 Å². The molecule has 1 saturated carbocycles. The molecule has 0 aromatic rings. The number of aliphatic hydroxyl groups excluding tert-OH is 1. The molecule has 78 valence electrons. The summed E-state index contributed by atoms with van der Waals surface area (Å²) in [6.45, 7) is 0.870. The first-order valence-electron chi connectivity index (χ1n) is 4.69. The maximum atomic E-state index is 9.18. The van der Waals surface area contributed by atoms with Crippen molar-refractivity contribution in [3.63, 3.8) is 0 Å². The highest BCUT2D eigenvalue weighted by atomic mass is 32.2. The molecule has 3 N–H and O–H groups in total. The SMILES string of the molecule is COCCSCC(N)(CO)C1CC1. The molecule has 0 aromatic carbocycles. The molecule has 0 amide bonds. The van der Waals surface area contributed by atoms with E-state index in [1.807, 2.05) is 0 Å². The summed E-state index contributed by atoms with van der Waals surface area (Å²) in [6.07, 6.45) is 2.36. The van der Waals surface area contributed by atoms with Crippen LogP contribution in [0.4, 0.5) is 0 Å². The number of aliphatic hydroxyl groups is 1. The average molecular weight is 205 g/mol. The molecule has 0 aromatic heterocycles. The second kappa shape index (κ2) is 5.20. The summed E-state index contributed by atoms with van der Waals surface area (Å²) in [6, 6.07) is 0. The van der Waals surface area contributed by atoms with Gasteiger partial charge < -0.3 is 15.6 Å². The van der Waals surface area contributed by atoms with Gasteiger partial charge in [0.05, 0.1) is 18.8 Å². The quantitative estimate of drug-likeness (QED) is 0.593. The molecular weight excluding hydrogens is 186 g/mol. The fourth-order valence-electron chi connectivity index (χ4n) is 1.36. The van der Waals surface area contributed by atoms with Crippen LogP contribution < -0.4 is 5.73 Å². The third-order valence-electron chi connectivity index (χ3n) is 2.49. The summed E-state index contributed by atoms with van der Waals surface area (Å²) in [5, 5.41) is 9.18. The monoisotopic (exact) mass is 205 g/mol. The second-order valence-corrected chi connectivity index (χ2v) is 4.82. The van der Waals surface area contributed by atoms with Gasteiger partial charge in [-0.3, -0.25) is 0 Å². The van der Waals surface area contributed by atoms with E-state index in [-0.39, 0.29) is 12.1 Å². The lowest BCUT2D eigenvalue weighted by molar-refractivity contribution is 0.194. The second-order valence-electron chi connectivity index (χ2n) is 3.71. The molecule has 1 aliphatic carbocycles. The number of rotatable bonds is 7. The van der Waals surface area contributed by atoms with Crippen LogP contribution >= 0.6 is 11.8 Å². The Morgan fingerprint density at radius 2 is 2.31 bits per heavy atom. The van der Waals surface area contributed by atoms with Crippen molar-refractivity contribution in [2.75, 3.05) is 31.8 Å². The molecule has 0 saturated heterocycles. The zero-order valence-corrected chi connectivity index (χ0v) is 8.98. The Morgan fingerprint density at radius 1 is 1.62 bits per heavy atom. The molecule has 1 fully saturated rings. The van der Waals surface area contributed by atoms with Gasteiger partial charge in [0.25, 0.3) is 0 Å². The van der Waals surface area contributed by atoms with Crippen LogP contribution in [0.1, 0.15) is 12.8 Å². The van der Waals surface area contributed by atoms with E-state index in [0.29, 0.717) is 5.92 Å². The lowest BCUT2D eigenvalue weighted by Gasteiger charge is -2.26. The zero-order valence-electron chi connectivity index (χ0n) is 8.16. The highest BCUT2D eigenvalue weighted by molar-refractivity contribution is 7.99. The van der Waals surface area contributed by atoms with Gasteiger partial charge in [0.1, 0.15) is 0 Å². The third-order valence-corrected chi connectivity index (χ3v) is 3.68. The molecule has 0 bridgehead atoms. The first kappa shape index (κ1) is 11.3. The molecule has 1 aliphatic rings. The Morgan fingerprint density at radius 3 is 2.77 bits per heavy atom. The summed E-state index contributed by atoms with van der Waals surface area (Å²) in [4.78, 5) is 0.